The number of amides is 1. The van der Waals surface area contributed by atoms with E-state index >= 15 is 0 Å². The Kier molecular flexibility index (Phi) is 5.70. The van der Waals surface area contributed by atoms with Gasteiger partial charge in [-0.3, -0.25) is 4.79 Å². The van der Waals surface area contributed by atoms with Gasteiger partial charge in [-0.15, -0.1) is 0 Å². The Bertz CT molecular complexity index is 1210. The highest BCUT2D eigenvalue weighted by atomic mass is 16.6. The van der Waals surface area contributed by atoms with E-state index in [1.807, 2.05) is 49.1 Å². The van der Waals surface area contributed by atoms with Gasteiger partial charge in [0.05, 0.1) is 5.92 Å². The number of piperidine rings is 1. The number of benzene rings is 1. The van der Waals surface area contributed by atoms with E-state index in [4.69, 9.17) is 10.5 Å². The summed E-state index contributed by atoms with van der Waals surface area (Å²) >= 11 is 0. The van der Waals surface area contributed by atoms with Crippen LogP contribution in [0.4, 0.5) is 4.79 Å². The fourth-order valence-electron chi connectivity index (χ4n) is 5.33. The third-order valence-electron chi connectivity index (χ3n) is 7.29. The monoisotopic (exact) mass is 450 g/mol. The van der Waals surface area contributed by atoms with Gasteiger partial charge >= 0.3 is 6.09 Å². The Morgan fingerprint density at radius 3 is 2.91 bits per heavy atom. The number of imidazole rings is 1. The molecular formula is C25H32N5O3+. The zero-order chi connectivity index (χ0) is 23.1. The molecule has 1 aliphatic carbocycles. The zero-order valence-corrected chi connectivity index (χ0v) is 19.4. The van der Waals surface area contributed by atoms with Gasteiger partial charge in [0.15, 0.2) is 5.78 Å². The molecular weight excluding hydrogens is 418 g/mol. The van der Waals surface area contributed by atoms with Crippen LogP contribution in [-0.4, -0.2) is 45.0 Å². The fraction of sp³-hybridized carbons (Fsp3) is 0.480. The highest BCUT2D eigenvalue weighted by molar-refractivity contribution is 6.11. The first-order valence-corrected chi connectivity index (χ1v) is 11.8. The quantitative estimate of drug-likeness (QED) is 0.619. The predicted octanol–water partition coefficient (Wildman–Crippen LogP) is 2.54. The Morgan fingerprint density at radius 1 is 1.27 bits per heavy atom. The number of hydrogen-bond acceptors (Lipinski definition) is 4. The highest BCUT2D eigenvalue weighted by Crippen LogP contribution is 2.34. The van der Waals surface area contributed by atoms with Crippen molar-refractivity contribution in [1.82, 2.24) is 14.0 Å². The summed E-state index contributed by atoms with van der Waals surface area (Å²) in [7, 11) is 2.05. The van der Waals surface area contributed by atoms with Crippen LogP contribution in [0.5, 0.6) is 0 Å². The summed E-state index contributed by atoms with van der Waals surface area (Å²) in [6, 6.07) is 8.17. The van der Waals surface area contributed by atoms with Crippen LogP contribution in [0.25, 0.3) is 10.9 Å². The molecule has 1 amide bonds. The van der Waals surface area contributed by atoms with Crippen LogP contribution in [0.15, 0.2) is 36.7 Å². The number of rotatable bonds is 4. The van der Waals surface area contributed by atoms with Gasteiger partial charge in [0, 0.05) is 55.3 Å². The van der Waals surface area contributed by atoms with E-state index in [9.17, 15) is 9.59 Å². The van der Waals surface area contributed by atoms with E-state index in [1.165, 1.54) is 0 Å². The van der Waals surface area contributed by atoms with Gasteiger partial charge in [0.1, 0.15) is 18.9 Å². The van der Waals surface area contributed by atoms with Crippen molar-refractivity contribution in [2.45, 2.75) is 51.9 Å². The number of para-hydroxylation sites is 1. The van der Waals surface area contributed by atoms with Crippen LogP contribution in [-0.2, 0) is 31.5 Å². The number of aromatic nitrogens is 3. The summed E-state index contributed by atoms with van der Waals surface area (Å²) < 4.78 is 11.7. The Labute approximate surface area is 193 Å². The second-order valence-electron chi connectivity index (χ2n) is 9.35. The number of aryl methyl sites for hydroxylation is 1. The van der Waals surface area contributed by atoms with Gasteiger partial charge < -0.3 is 19.9 Å². The summed E-state index contributed by atoms with van der Waals surface area (Å²) in [6.07, 6.45) is 7.13. The minimum absolute atomic E-state index is 0.0250. The second-order valence-corrected chi connectivity index (χ2v) is 9.35. The van der Waals surface area contributed by atoms with E-state index in [2.05, 4.69) is 15.2 Å². The molecule has 0 saturated carbocycles. The summed E-state index contributed by atoms with van der Waals surface area (Å²) in [5.41, 5.74) is 9.11. The third kappa shape index (κ3) is 3.93. The maximum atomic E-state index is 13.5. The van der Waals surface area contributed by atoms with Crippen LogP contribution >= 0.6 is 0 Å². The molecule has 1 aliphatic heterocycles. The minimum Gasteiger partial charge on any atom is -0.408 e. The van der Waals surface area contributed by atoms with Gasteiger partial charge in [-0.25, -0.2) is 9.36 Å². The molecule has 0 spiro atoms. The molecule has 174 valence electrons. The number of hydrogen-bond donors (Lipinski definition) is 1. The molecule has 1 aromatic carbocycles. The highest BCUT2D eigenvalue weighted by Gasteiger charge is 2.34. The van der Waals surface area contributed by atoms with Crippen molar-refractivity contribution in [1.29, 1.82) is 0 Å². The molecule has 8 heteroatoms. The molecule has 2 aliphatic rings. The molecule has 1 saturated heterocycles. The van der Waals surface area contributed by atoms with E-state index < -0.39 is 0 Å². The largest absolute Gasteiger partial charge is 0.413 e. The number of ketones is 1. The van der Waals surface area contributed by atoms with Crippen LogP contribution in [0.2, 0.25) is 0 Å². The molecule has 2 atom stereocenters. The first kappa shape index (κ1) is 21.7. The van der Waals surface area contributed by atoms with Crippen molar-refractivity contribution < 1.29 is 18.9 Å². The first-order chi connectivity index (χ1) is 15.9. The summed E-state index contributed by atoms with van der Waals surface area (Å²) in [5.74, 6) is 1.11. The lowest BCUT2D eigenvalue weighted by molar-refractivity contribution is -0.732. The Hall–Kier alpha value is -3.13. The summed E-state index contributed by atoms with van der Waals surface area (Å²) in [4.78, 5) is 27.6. The van der Waals surface area contributed by atoms with Crippen LogP contribution in [0.1, 0.15) is 41.1 Å². The fourth-order valence-corrected chi connectivity index (χ4v) is 5.33. The lowest BCUT2D eigenvalue weighted by Crippen LogP contribution is -2.47. The maximum Gasteiger partial charge on any atom is 0.413 e. The van der Waals surface area contributed by atoms with Crippen molar-refractivity contribution in [3.63, 3.8) is 0 Å². The molecule has 1 fully saturated rings. The number of carbonyl (C=O) groups is 2. The normalized spacial score (nSPS) is 20.8. The van der Waals surface area contributed by atoms with E-state index in [0.717, 1.165) is 53.7 Å². The minimum atomic E-state index is -0.323. The zero-order valence-electron chi connectivity index (χ0n) is 19.4. The second kappa shape index (κ2) is 8.67. The van der Waals surface area contributed by atoms with Gasteiger partial charge in [-0.05, 0) is 31.7 Å². The number of Topliss-reactive ketones (excluding diaryl/α,β-unsaturated/α-hetero) is 1. The Morgan fingerprint density at radius 2 is 2.09 bits per heavy atom. The number of fused-ring (bicyclic) bond motifs is 3. The van der Waals surface area contributed by atoms with Crippen molar-refractivity contribution in [2.24, 2.45) is 18.7 Å². The smallest absolute Gasteiger partial charge is 0.408 e. The molecule has 1 unspecified atom stereocenters. The van der Waals surface area contributed by atoms with Crippen molar-refractivity contribution in [3.8, 4) is 0 Å². The van der Waals surface area contributed by atoms with Crippen molar-refractivity contribution in [2.75, 3.05) is 13.1 Å². The molecule has 5 rings (SSSR count). The van der Waals surface area contributed by atoms with Crippen LogP contribution < -0.4 is 10.3 Å². The average Bonchev–Trinajstić information content (AvgIpc) is 3.31. The number of likely N-dealkylation sites (tertiary alicyclic amines) is 1. The van der Waals surface area contributed by atoms with Crippen molar-refractivity contribution >= 4 is 22.8 Å². The van der Waals surface area contributed by atoms with E-state index in [1.54, 1.807) is 4.90 Å². The third-order valence-corrected chi connectivity index (χ3v) is 7.29. The van der Waals surface area contributed by atoms with Gasteiger partial charge in [0.25, 0.3) is 5.82 Å². The molecule has 2 aromatic heterocycles. The van der Waals surface area contributed by atoms with Crippen LogP contribution in [0.3, 0.4) is 0 Å². The van der Waals surface area contributed by atoms with Crippen LogP contribution in [0, 0.1) is 12.8 Å². The molecule has 3 heterocycles. The SMILES string of the molecule is Cc1n(CC2CCc3c(c4ccccc4n3C)C2=O)cc[n+]1COC(=O)N1CCC[C@@H](N)C1. The Balaban J connectivity index is 1.27. The van der Waals surface area contributed by atoms with Gasteiger partial charge in [-0.1, -0.05) is 18.2 Å². The molecule has 8 nitrogen and oxygen atoms in total. The summed E-state index contributed by atoms with van der Waals surface area (Å²) in [6.45, 7) is 3.99. The number of nitrogens with zero attached hydrogens (tertiary/aromatic N) is 4. The first-order valence-electron chi connectivity index (χ1n) is 11.8. The topological polar surface area (TPSA) is 86.4 Å². The molecule has 3 aromatic rings. The molecule has 2 N–H and O–H groups in total. The standard InChI is InChI=1S/C25H32N5O3/c1-17-28(12-13-30(17)16-33-25(32)29-11-5-6-19(26)15-29)14-18-9-10-22-23(24(18)31)20-7-3-4-8-21(20)27(22)2/h3-4,7-8,12-13,18-19H,5-6,9-11,14-16,26H2,1-2H3/q+1/t18?,19-/m1/s1. The molecule has 0 bridgehead atoms. The number of nitrogens with two attached hydrogens (primary N) is 1. The summed E-state index contributed by atoms with van der Waals surface area (Å²) in [5, 5.41) is 1.05. The van der Waals surface area contributed by atoms with E-state index in [0.29, 0.717) is 19.6 Å². The van der Waals surface area contributed by atoms with Crippen molar-refractivity contribution in [3.05, 3.63) is 53.7 Å². The molecule has 0 radical (unpaired) electrons. The number of carbonyl (C=O) groups excluding carboxylic acids is 2. The lowest BCUT2D eigenvalue weighted by Gasteiger charge is -2.29. The lowest BCUT2D eigenvalue weighted by atomic mass is 9.85. The van der Waals surface area contributed by atoms with Gasteiger partial charge in [0.2, 0.25) is 6.73 Å². The number of ether oxygens (including phenoxy) is 1. The maximum absolute atomic E-state index is 13.5. The predicted molar refractivity (Wildman–Crippen MR) is 124 cm³/mol. The average molecular weight is 451 g/mol. The van der Waals surface area contributed by atoms with Gasteiger partial charge in [-0.2, -0.15) is 4.57 Å². The molecule has 33 heavy (non-hydrogen) atoms. The van der Waals surface area contributed by atoms with E-state index in [-0.39, 0.29) is 30.6 Å².